The quantitative estimate of drug-likeness (QED) is 0.873. The summed E-state index contributed by atoms with van der Waals surface area (Å²) in [6.45, 7) is 2.21. The van der Waals surface area contributed by atoms with E-state index in [2.05, 4.69) is 18.3 Å². The number of rotatable bonds is 5. The molecule has 2 aromatic rings. The van der Waals surface area contributed by atoms with Crippen LogP contribution < -0.4 is 5.32 Å². The monoisotopic (exact) mass is 271 g/mol. The van der Waals surface area contributed by atoms with Crippen LogP contribution in [0.5, 0.6) is 5.75 Å². The maximum atomic E-state index is 9.87. The third-order valence-corrected chi connectivity index (χ3v) is 4.14. The molecule has 0 spiro atoms. The van der Waals surface area contributed by atoms with E-state index in [1.807, 2.05) is 18.2 Å². The molecule has 0 radical (unpaired) electrons. The van der Waals surface area contributed by atoms with Gasteiger partial charge in [0.2, 0.25) is 0 Å². The standard InChI is InChI=1S/C17H21NO2/c1-12(7-8-13-4-3-11-20-13)18-16-10-9-15-14(16)5-2-6-17(15)19/h2-6,11-12,16,18-19H,7-10H2,1H3. The number of hydrogen-bond donors (Lipinski definition) is 2. The van der Waals surface area contributed by atoms with Gasteiger partial charge in [-0.3, -0.25) is 0 Å². The summed E-state index contributed by atoms with van der Waals surface area (Å²) in [4.78, 5) is 0. The Morgan fingerprint density at radius 1 is 1.35 bits per heavy atom. The Morgan fingerprint density at radius 2 is 2.25 bits per heavy atom. The van der Waals surface area contributed by atoms with Gasteiger partial charge < -0.3 is 14.8 Å². The molecule has 1 aliphatic rings. The van der Waals surface area contributed by atoms with Crippen LogP contribution in [-0.2, 0) is 12.8 Å². The normalized spacial score (nSPS) is 18.9. The molecular weight excluding hydrogens is 250 g/mol. The van der Waals surface area contributed by atoms with Gasteiger partial charge in [0, 0.05) is 18.5 Å². The molecule has 0 amide bonds. The third-order valence-electron chi connectivity index (χ3n) is 4.14. The van der Waals surface area contributed by atoms with Crippen molar-refractivity contribution in [1.82, 2.24) is 5.32 Å². The average Bonchev–Trinajstić information content (AvgIpc) is 3.07. The lowest BCUT2D eigenvalue weighted by atomic mass is 10.1. The largest absolute Gasteiger partial charge is 0.508 e. The summed E-state index contributed by atoms with van der Waals surface area (Å²) in [7, 11) is 0. The van der Waals surface area contributed by atoms with Gasteiger partial charge in [0.25, 0.3) is 0 Å². The Hall–Kier alpha value is -1.74. The van der Waals surface area contributed by atoms with E-state index in [0.29, 0.717) is 17.8 Å². The third kappa shape index (κ3) is 2.73. The predicted molar refractivity (Wildman–Crippen MR) is 78.8 cm³/mol. The van der Waals surface area contributed by atoms with Crippen molar-refractivity contribution < 1.29 is 9.52 Å². The molecule has 20 heavy (non-hydrogen) atoms. The zero-order chi connectivity index (χ0) is 13.9. The molecule has 1 aromatic carbocycles. The van der Waals surface area contributed by atoms with Crippen LogP contribution in [0.25, 0.3) is 0 Å². The summed E-state index contributed by atoms with van der Waals surface area (Å²) in [5.41, 5.74) is 2.37. The van der Waals surface area contributed by atoms with Gasteiger partial charge in [-0.2, -0.15) is 0 Å². The molecule has 0 saturated heterocycles. The van der Waals surface area contributed by atoms with E-state index in [1.165, 1.54) is 5.56 Å². The summed E-state index contributed by atoms with van der Waals surface area (Å²) in [6.07, 6.45) is 5.77. The Kier molecular flexibility index (Phi) is 3.79. The number of fused-ring (bicyclic) bond motifs is 1. The number of benzene rings is 1. The van der Waals surface area contributed by atoms with Crippen LogP contribution in [0.3, 0.4) is 0 Å². The second-order valence-corrected chi connectivity index (χ2v) is 5.62. The molecule has 3 rings (SSSR count). The van der Waals surface area contributed by atoms with Gasteiger partial charge in [0.15, 0.2) is 0 Å². The van der Waals surface area contributed by atoms with E-state index >= 15 is 0 Å². The number of hydrogen-bond acceptors (Lipinski definition) is 3. The van der Waals surface area contributed by atoms with Crippen LogP contribution >= 0.6 is 0 Å². The van der Waals surface area contributed by atoms with E-state index in [-0.39, 0.29) is 0 Å². The van der Waals surface area contributed by atoms with Crippen LogP contribution in [0, 0.1) is 0 Å². The molecule has 0 bridgehead atoms. The fourth-order valence-electron chi connectivity index (χ4n) is 3.05. The molecule has 1 aliphatic carbocycles. The minimum absolute atomic E-state index is 0.365. The van der Waals surface area contributed by atoms with E-state index in [1.54, 1.807) is 12.3 Å². The zero-order valence-corrected chi connectivity index (χ0v) is 11.8. The first-order valence-electron chi connectivity index (χ1n) is 7.33. The van der Waals surface area contributed by atoms with E-state index in [9.17, 15) is 5.11 Å². The maximum absolute atomic E-state index is 9.87. The highest BCUT2D eigenvalue weighted by molar-refractivity contribution is 5.44. The average molecular weight is 271 g/mol. The molecule has 106 valence electrons. The number of nitrogens with one attached hydrogen (secondary N) is 1. The van der Waals surface area contributed by atoms with Crippen molar-refractivity contribution in [3.05, 3.63) is 53.5 Å². The van der Waals surface area contributed by atoms with E-state index in [0.717, 1.165) is 37.0 Å². The lowest BCUT2D eigenvalue weighted by molar-refractivity contribution is 0.416. The fraction of sp³-hybridized carbons (Fsp3) is 0.412. The van der Waals surface area contributed by atoms with Gasteiger partial charge in [0.05, 0.1) is 6.26 Å². The van der Waals surface area contributed by atoms with Crippen LogP contribution in [-0.4, -0.2) is 11.1 Å². The first-order valence-corrected chi connectivity index (χ1v) is 7.33. The fourth-order valence-corrected chi connectivity index (χ4v) is 3.05. The van der Waals surface area contributed by atoms with Crippen molar-refractivity contribution in [1.29, 1.82) is 0 Å². The Morgan fingerprint density at radius 3 is 3.05 bits per heavy atom. The SMILES string of the molecule is CC(CCc1ccco1)NC1CCc2c(O)cccc21. The molecule has 0 fully saturated rings. The Bertz CT molecular complexity index is 562. The molecule has 1 aromatic heterocycles. The minimum Gasteiger partial charge on any atom is -0.508 e. The topological polar surface area (TPSA) is 45.4 Å². The molecular formula is C17H21NO2. The highest BCUT2D eigenvalue weighted by Gasteiger charge is 2.25. The summed E-state index contributed by atoms with van der Waals surface area (Å²) in [5, 5.41) is 13.5. The van der Waals surface area contributed by atoms with Crippen molar-refractivity contribution in [2.75, 3.05) is 0 Å². The van der Waals surface area contributed by atoms with Gasteiger partial charge in [-0.25, -0.2) is 0 Å². The molecule has 2 atom stereocenters. The second-order valence-electron chi connectivity index (χ2n) is 5.62. The van der Waals surface area contributed by atoms with Gasteiger partial charge in [-0.15, -0.1) is 0 Å². The van der Waals surface area contributed by atoms with Gasteiger partial charge >= 0.3 is 0 Å². The second kappa shape index (κ2) is 5.71. The molecule has 3 heteroatoms. The van der Waals surface area contributed by atoms with Crippen LogP contribution in [0.15, 0.2) is 41.0 Å². The first-order chi connectivity index (χ1) is 9.74. The molecule has 2 N–H and O–H groups in total. The summed E-state index contributed by atoms with van der Waals surface area (Å²) >= 11 is 0. The molecule has 2 unspecified atom stereocenters. The predicted octanol–water partition coefficient (Wildman–Crippen LogP) is 3.58. The highest BCUT2D eigenvalue weighted by Crippen LogP contribution is 2.36. The maximum Gasteiger partial charge on any atom is 0.119 e. The molecule has 0 aliphatic heterocycles. The van der Waals surface area contributed by atoms with Crippen molar-refractivity contribution in [2.24, 2.45) is 0 Å². The lowest BCUT2D eigenvalue weighted by Crippen LogP contribution is -2.29. The van der Waals surface area contributed by atoms with Crippen molar-refractivity contribution in [3.63, 3.8) is 0 Å². The van der Waals surface area contributed by atoms with Gasteiger partial charge in [-0.05, 0) is 55.5 Å². The highest BCUT2D eigenvalue weighted by atomic mass is 16.3. The first kappa shape index (κ1) is 13.3. The summed E-state index contributed by atoms with van der Waals surface area (Å²) < 4.78 is 5.37. The van der Waals surface area contributed by atoms with Crippen molar-refractivity contribution in [2.45, 2.75) is 44.7 Å². The van der Waals surface area contributed by atoms with Crippen molar-refractivity contribution in [3.8, 4) is 5.75 Å². The minimum atomic E-state index is 0.365. The number of phenolic OH excluding ortho intramolecular Hbond substituents is 1. The Labute approximate surface area is 119 Å². The smallest absolute Gasteiger partial charge is 0.119 e. The van der Waals surface area contributed by atoms with Crippen LogP contribution in [0.2, 0.25) is 0 Å². The van der Waals surface area contributed by atoms with E-state index < -0.39 is 0 Å². The Balaban J connectivity index is 1.58. The van der Waals surface area contributed by atoms with Crippen LogP contribution in [0.1, 0.15) is 42.7 Å². The number of furan rings is 1. The number of aromatic hydroxyl groups is 1. The lowest BCUT2D eigenvalue weighted by Gasteiger charge is -2.20. The van der Waals surface area contributed by atoms with Gasteiger partial charge in [-0.1, -0.05) is 12.1 Å². The molecule has 3 nitrogen and oxygen atoms in total. The van der Waals surface area contributed by atoms with Gasteiger partial charge in [0.1, 0.15) is 11.5 Å². The van der Waals surface area contributed by atoms with E-state index in [4.69, 9.17) is 4.42 Å². The molecule has 0 saturated carbocycles. The summed E-state index contributed by atoms with van der Waals surface area (Å²) in [6, 6.07) is 10.6. The number of aryl methyl sites for hydroxylation is 1. The van der Waals surface area contributed by atoms with Crippen molar-refractivity contribution >= 4 is 0 Å². The zero-order valence-electron chi connectivity index (χ0n) is 11.8. The molecule has 1 heterocycles. The number of phenols is 1. The van der Waals surface area contributed by atoms with Crippen LogP contribution in [0.4, 0.5) is 0 Å². The summed E-state index contributed by atoms with van der Waals surface area (Å²) in [5.74, 6) is 1.48.